The summed E-state index contributed by atoms with van der Waals surface area (Å²) in [7, 11) is 0. The van der Waals surface area contributed by atoms with Gasteiger partial charge in [-0.3, -0.25) is 0 Å². The highest BCUT2D eigenvalue weighted by Gasteiger charge is 2.45. The van der Waals surface area contributed by atoms with Crippen molar-refractivity contribution >= 4 is 0 Å². The molecule has 4 rings (SSSR count). The topological polar surface area (TPSA) is 60.2 Å². The molecule has 38 heavy (non-hydrogen) atoms. The van der Waals surface area contributed by atoms with Gasteiger partial charge in [-0.25, -0.2) is 0 Å². The number of hydrogen-bond acceptors (Lipinski definition) is 4. The van der Waals surface area contributed by atoms with Gasteiger partial charge in [-0.15, -0.1) is 10.2 Å². The molecule has 5 nitrogen and oxygen atoms in total. The summed E-state index contributed by atoms with van der Waals surface area (Å²) in [4.78, 5) is 0. The van der Waals surface area contributed by atoms with Crippen molar-refractivity contribution in [3.8, 4) is 0 Å². The predicted molar refractivity (Wildman–Crippen MR) is 127 cm³/mol. The average Bonchev–Trinajstić information content (AvgIpc) is 3.44. The molecule has 1 aromatic heterocycles. The summed E-state index contributed by atoms with van der Waals surface area (Å²) in [6, 6.07) is 11.1. The number of ether oxygens (including phenoxy) is 1. The number of halogens is 6. The van der Waals surface area contributed by atoms with Crippen molar-refractivity contribution in [2.45, 2.75) is 68.4 Å². The van der Waals surface area contributed by atoms with Gasteiger partial charge in [0.1, 0.15) is 12.7 Å². The van der Waals surface area contributed by atoms with Crippen LogP contribution in [0.15, 0.2) is 61.2 Å². The normalized spacial score (nSPS) is 23.4. The Balaban J connectivity index is 1.61. The molecule has 2 aromatic carbocycles. The number of benzene rings is 2. The molecule has 3 aromatic rings. The second-order valence-electron chi connectivity index (χ2n) is 10.0. The van der Waals surface area contributed by atoms with Crippen molar-refractivity contribution in [3.63, 3.8) is 0 Å². The molecule has 0 spiro atoms. The fourth-order valence-electron chi connectivity index (χ4n) is 5.39. The van der Waals surface area contributed by atoms with E-state index < -0.39 is 40.5 Å². The van der Waals surface area contributed by atoms with E-state index in [0.717, 1.165) is 5.56 Å². The zero-order valence-electron chi connectivity index (χ0n) is 20.8. The second kappa shape index (κ2) is 10.7. The highest BCUT2D eigenvalue weighted by atomic mass is 19.4. The van der Waals surface area contributed by atoms with E-state index >= 15 is 0 Å². The smallest absolute Gasteiger partial charge is 0.396 e. The van der Waals surface area contributed by atoms with Crippen LogP contribution in [0.4, 0.5) is 26.3 Å². The van der Waals surface area contributed by atoms with Gasteiger partial charge in [0.25, 0.3) is 0 Å². The Labute approximate surface area is 216 Å². The Hall–Kier alpha value is -2.92. The number of rotatable bonds is 8. The zero-order chi connectivity index (χ0) is 27.6. The zero-order valence-corrected chi connectivity index (χ0v) is 20.8. The SMILES string of the molecule is C[C@@H](OCC1(c2ccccc2)CCC(CCO)(n2cnnc2)CC1)c1cc(C(F)(F)F)cc(C(F)(F)F)c1. The second-order valence-corrected chi connectivity index (χ2v) is 10.0. The van der Waals surface area contributed by atoms with Crippen LogP contribution in [0.2, 0.25) is 0 Å². The van der Waals surface area contributed by atoms with Crippen molar-refractivity contribution in [1.82, 2.24) is 14.8 Å². The molecule has 0 radical (unpaired) electrons. The van der Waals surface area contributed by atoms with Gasteiger partial charge in [0.15, 0.2) is 0 Å². The molecular formula is C27H29F6N3O2. The van der Waals surface area contributed by atoms with Crippen LogP contribution in [-0.4, -0.2) is 33.1 Å². The molecule has 1 saturated carbocycles. The van der Waals surface area contributed by atoms with Gasteiger partial charge in [0.2, 0.25) is 0 Å². The molecule has 1 fully saturated rings. The monoisotopic (exact) mass is 541 g/mol. The summed E-state index contributed by atoms with van der Waals surface area (Å²) < 4.78 is 88.2. The van der Waals surface area contributed by atoms with E-state index in [0.29, 0.717) is 44.2 Å². The van der Waals surface area contributed by atoms with E-state index in [4.69, 9.17) is 4.74 Å². The van der Waals surface area contributed by atoms with Crippen LogP contribution in [-0.2, 0) is 28.0 Å². The number of aliphatic hydroxyl groups excluding tert-OH is 1. The lowest BCUT2D eigenvalue weighted by molar-refractivity contribution is -0.143. The fourth-order valence-corrected chi connectivity index (χ4v) is 5.39. The van der Waals surface area contributed by atoms with Gasteiger partial charge in [-0.05, 0) is 68.4 Å². The van der Waals surface area contributed by atoms with E-state index in [1.807, 2.05) is 34.9 Å². The first kappa shape index (κ1) is 28.1. The minimum atomic E-state index is -4.93. The number of hydrogen-bond donors (Lipinski definition) is 1. The lowest BCUT2D eigenvalue weighted by Gasteiger charge is -2.47. The standard InChI is InChI=1S/C27H29F6N3O2/c1-19(20-13-22(26(28,29)30)15-23(14-20)27(31,32)33)38-16-24(21-5-3-2-4-6-21)7-9-25(10-8-24,11-12-37)36-17-34-35-18-36/h2-6,13-15,17-19,37H,7-12,16H2,1H3/t19-,24?,25?/m1/s1. The maximum Gasteiger partial charge on any atom is 0.416 e. The van der Waals surface area contributed by atoms with Gasteiger partial charge in [0, 0.05) is 17.6 Å². The van der Waals surface area contributed by atoms with Crippen LogP contribution >= 0.6 is 0 Å². The summed E-state index contributed by atoms with van der Waals surface area (Å²) in [6.07, 6.45) is -4.58. The lowest BCUT2D eigenvalue weighted by Crippen LogP contribution is -2.45. The molecule has 0 aliphatic heterocycles. The predicted octanol–water partition coefficient (Wildman–Crippen LogP) is 6.68. The Morgan fingerprint density at radius 1 is 0.895 bits per heavy atom. The fraction of sp³-hybridized carbons (Fsp3) is 0.481. The molecule has 0 saturated heterocycles. The molecule has 0 bridgehead atoms. The van der Waals surface area contributed by atoms with Gasteiger partial charge in [0.05, 0.1) is 23.8 Å². The molecule has 11 heteroatoms. The van der Waals surface area contributed by atoms with Gasteiger partial charge >= 0.3 is 12.4 Å². The number of alkyl halides is 6. The van der Waals surface area contributed by atoms with Crippen molar-refractivity contribution in [2.24, 2.45) is 0 Å². The highest BCUT2D eigenvalue weighted by Crippen LogP contribution is 2.48. The first-order valence-corrected chi connectivity index (χ1v) is 12.3. The molecule has 1 N–H and O–H groups in total. The third-order valence-corrected chi connectivity index (χ3v) is 7.76. The summed E-state index contributed by atoms with van der Waals surface area (Å²) in [5.41, 5.74) is -2.85. The number of aliphatic hydroxyl groups is 1. The molecule has 1 heterocycles. The largest absolute Gasteiger partial charge is 0.416 e. The third-order valence-electron chi connectivity index (χ3n) is 7.76. The van der Waals surface area contributed by atoms with Gasteiger partial charge < -0.3 is 14.4 Å². The first-order valence-electron chi connectivity index (χ1n) is 12.3. The maximum absolute atomic E-state index is 13.4. The quantitative estimate of drug-likeness (QED) is 0.323. The van der Waals surface area contributed by atoms with E-state index in [-0.39, 0.29) is 24.8 Å². The van der Waals surface area contributed by atoms with Crippen LogP contribution in [0.5, 0.6) is 0 Å². The molecule has 206 valence electrons. The van der Waals surface area contributed by atoms with Crippen molar-refractivity contribution in [1.29, 1.82) is 0 Å². The Morgan fingerprint density at radius 3 is 1.95 bits per heavy atom. The van der Waals surface area contributed by atoms with Gasteiger partial charge in [-0.1, -0.05) is 30.3 Å². The molecule has 1 atom stereocenters. The van der Waals surface area contributed by atoms with E-state index in [9.17, 15) is 31.4 Å². The number of nitrogens with zero attached hydrogens (tertiary/aromatic N) is 3. The van der Waals surface area contributed by atoms with Crippen LogP contribution in [0.1, 0.15) is 67.4 Å². The Morgan fingerprint density at radius 2 is 1.45 bits per heavy atom. The molecular weight excluding hydrogens is 512 g/mol. The van der Waals surface area contributed by atoms with Gasteiger partial charge in [-0.2, -0.15) is 26.3 Å². The van der Waals surface area contributed by atoms with E-state index in [1.54, 1.807) is 12.7 Å². The summed E-state index contributed by atoms with van der Waals surface area (Å²) in [5.74, 6) is 0. The Kier molecular flexibility index (Phi) is 7.90. The van der Waals surface area contributed by atoms with Crippen LogP contribution in [0, 0.1) is 0 Å². The maximum atomic E-state index is 13.4. The molecule has 0 amide bonds. The van der Waals surface area contributed by atoms with Crippen molar-refractivity contribution in [2.75, 3.05) is 13.2 Å². The first-order chi connectivity index (χ1) is 17.9. The van der Waals surface area contributed by atoms with E-state index in [2.05, 4.69) is 10.2 Å². The average molecular weight is 542 g/mol. The van der Waals surface area contributed by atoms with Crippen LogP contribution < -0.4 is 0 Å². The minimum absolute atomic E-state index is 0.0267. The third kappa shape index (κ3) is 5.88. The van der Waals surface area contributed by atoms with Crippen LogP contribution in [0.3, 0.4) is 0 Å². The molecule has 1 aliphatic carbocycles. The summed E-state index contributed by atoms with van der Waals surface area (Å²) >= 11 is 0. The summed E-state index contributed by atoms with van der Waals surface area (Å²) in [6.45, 7) is 1.54. The molecule has 1 aliphatic rings. The lowest BCUT2D eigenvalue weighted by atomic mass is 9.63. The Bertz CT molecular complexity index is 1160. The van der Waals surface area contributed by atoms with E-state index in [1.165, 1.54) is 6.92 Å². The van der Waals surface area contributed by atoms with Crippen LogP contribution in [0.25, 0.3) is 0 Å². The van der Waals surface area contributed by atoms with Crippen molar-refractivity contribution < 1.29 is 36.2 Å². The number of aromatic nitrogens is 3. The molecule has 0 unspecified atom stereocenters. The van der Waals surface area contributed by atoms with Crippen molar-refractivity contribution in [3.05, 3.63) is 83.4 Å². The summed E-state index contributed by atoms with van der Waals surface area (Å²) in [5, 5.41) is 17.6. The minimum Gasteiger partial charge on any atom is -0.396 e. The highest BCUT2D eigenvalue weighted by molar-refractivity contribution is 5.35.